The van der Waals surface area contributed by atoms with Gasteiger partial charge in [0.25, 0.3) is 0 Å². The second-order valence-corrected chi connectivity index (χ2v) is 10.1. The van der Waals surface area contributed by atoms with E-state index in [2.05, 4.69) is 44.6 Å². The van der Waals surface area contributed by atoms with Crippen LogP contribution in [0.25, 0.3) is 0 Å². The Balaban J connectivity index is 3.73. The number of hydrogen-bond donors (Lipinski definition) is 0. The summed E-state index contributed by atoms with van der Waals surface area (Å²) in [5, 5.41) is 0. The van der Waals surface area contributed by atoms with Crippen LogP contribution in [0.4, 0.5) is 0 Å². The fourth-order valence-electron chi connectivity index (χ4n) is 0.771. The third-order valence-electron chi connectivity index (χ3n) is 1.35. The van der Waals surface area contributed by atoms with Crippen LogP contribution in [0, 0.1) is 5.92 Å². The van der Waals surface area contributed by atoms with E-state index in [1.807, 2.05) is 11.8 Å². The second kappa shape index (κ2) is 5.04. The molecule has 0 saturated carbocycles. The molecule has 0 radical (unpaired) electrons. The lowest BCUT2D eigenvalue weighted by atomic mass is 10.2. The molecule has 11 heavy (non-hydrogen) atoms. The summed E-state index contributed by atoms with van der Waals surface area (Å²) in [5.41, 5.74) is 2.44. The van der Waals surface area contributed by atoms with Gasteiger partial charge >= 0.3 is 0 Å². The Labute approximate surface area is 76.5 Å². The highest BCUT2D eigenvalue weighted by atomic mass is 32.2. The lowest BCUT2D eigenvalue weighted by molar-refractivity contribution is 0.849. The van der Waals surface area contributed by atoms with Crippen LogP contribution >= 0.6 is 11.8 Å². The highest BCUT2D eigenvalue weighted by Gasteiger charge is 2.07. The topological polar surface area (TPSA) is 0 Å². The molecular weight excluding hydrogens is 168 g/mol. The summed E-state index contributed by atoms with van der Waals surface area (Å²) in [6.45, 7) is 9.40. The summed E-state index contributed by atoms with van der Waals surface area (Å²) in [7, 11) is -0.939. The van der Waals surface area contributed by atoms with Gasteiger partial charge in [-0.05, 0) is 17.9 Å². The lowest BCUT2D eigenvalue weighted by Crippen LogP contribution is -2.16. The van der Waals surface area contributed by atoms with Crippen molar-refractivity contribution in [3.63, 3.8) is 0 Å². The van der Waals surface area contributed by atoms with Gasteiger partial charge in [0, 0.05) is 0 Å². The van der Waals surface area contributed by atoms with Gasteiger partial charge in [0.1, 0.15) is 0 Å². The molecule has 1 atom stereocenters. The molecule has 0 spiro atoms. The summed E-state index contributed by atoms with van der Waals surface area (Å²) < 4.78 is 0. The largest absolute Gasteiger partial charge is 0.165 e. The fraction of sp³-hybridized carbons (Fsp3) is 0.778. The molecule has 0 N–H and O–H groups in total. The molecule has 0 aliphatic rings. The Morgan fingerprint density at radius 2 is 1.91 bits per heavy atom. The maximum Gasteiger partial charge on any atom is 0.0682 e. The highest BCUT2D eigenvalue weighted by Crippen LogP contribution is 2.09. The van der Waals surface area contributed by atoms with Crippen LogP contribution in [-0.4, -0.2) is 20.1 Å². The smallest absolute Gasteiger partial charge is 0.0682 e. The van der Waals surface area contributed by atoms with Crippen molar-refractivity contribution in [2.24, 2.45) is 5.92 Å². The van der Waals surface area contributed by atoms with Crippen molar-refractivity contribution in [1.82, 2.24) is 0 Å². The molecule has 0 bridgehead atoms. The molecule has 0 aliphatic carbocycles. The minimum Gasteiger partial charge on any atom is -0.165 e. The van der Waals surface area contributed by atoms with E-state index in [9.17, 15) is 0 Å². The fourth-order valence-corrected chi connectivity index (χ4v) is 2.31. The average Bonchev–Trinajstić information content (AvgIpc) is 1.83. The van der Waals surface area contributed by atoms with E-state index < -0.39 is 8.07 Å². The van der Waals surface area contributed by atoms with Gasteiger partial charge in [-0.1, -0.05) is 38.3 Å². The first-order valence-corrected chi connectivity index (χ1v) is 9.11. The zero-order valence-electron chi connectivity index (χ0n) is 8.35. The van der Waals surface area contributed by atoms with Crippen LogP contribution in [-0.2, 0) is 0 Å². The highest BCUT2D eigenvalue weighted by molar-refractivity contribution is 7.98. The molecule has 0 aromatic carbocycles. The van der Waals surface area contributed by atoms with Crippen molar-refractivity contribution in [1.29, 1.82) is 0 Å². The van der Waals surface area contributed by atoms with Gasteiger partial charge in [-0.2, -0.15) is 11.8 Å². The molecular formula is C9H20SSi. The van der Waals surface area contributed by atoms with Gasteiger partial charge in [-0.25, -0.2) is 0 Å². The van der Waals surface area contributed by atoms with E-state index >= 15 is 0 Å². The average molecular weight is 188 g/mol. The Morgan fingerprint density at radius 1 is 1.36 bits per heavy atom. The maximum absolute atomic E-state index is 2.44. The Morgan fingerprint density at radius 3 is 2.27 bits per heavy atom. The molecule has 66 valence electrons. The summed E-state index contributed by atoms with van der Waals surface area (Å²) in [5.74, 6) is 2.00. The van der Waals surface area contributed by atoms with Crippen LogP contribution in [0.3, 0.4) is 0 Å². The van der Waals surface area contributed by atoms with E-state index in [0.717, 1.165) is 5.92 Å². The van der Waals surface area contributed by atoms with Crippen LogP contribution in [0.5, 0.6) is 0 Å². The number of rotatable bonds is 4. The van der Waals surface area contributed by atoms with E-state index in [-0.39, 0.29) is 0 Å². The van der Waals surface area contributed by atoms with Crippen molar-refractivity contribution in [2.75, 3.05) is 12.0 Å². The van der Waals surface area contributed by atoms with E-state index in [1.165, 1.54) is 5.75 Å². The molecule has 0 nitrogen and oxygen atoms in total. The zero-order valence-corrected chi connectivity index (χ0v) is 10.2. The molecule has 0 amide bonds. The van der Waals surface area contributed by atoms with Gasteiger partial charge < -0.3 is 0 Å². The van der Waals surface area contributed by atoms with Crippen LogP contribution in [0.15, 0.2) is 11.8 Å². The standard InChI is InChI=1S/C9H20SSi/c1-9(8-10-2)6-7-11(3,4)5/h6-7,9H,8H2,1-5H3/b7-6+. The number of allylic oxidation sites excluding steroid dienone is 1. The molecule has 1 unspecified atom stereocenters. The van der Waals surface area contributed by atoms with Crippen LogP contribution < -0.4 is 0 Å². The Bertz CT molecular complexity index is 124. The normalized spacial score (nSPS) is 15.7. The number of hydrogen-bond acceptors (Lipinski definition) is 1. The molecule has 0 aliphatic heterocycles. The van der Waals surface area contributed by atoms with Crippen molar-refractivity contribution in [3.05, 3.63) is 11.8 Å². The van der Waals surface area contributed by atoms with E-state index in [4.69, 9.17) is 0 Å². The predicted octanol–water partition coefficient (Wildman–Crippen LogP) is 3.42. The first-order chi connectivity index (χ1) is 4.95. The van der Waals surface area contributed by atoms with Crippen molar-refractivity contribution in [2.45, 2.75) is 26.6 Å². The maximum atomic E-state index is 2.44. The zero-order chi connectivity index (χ0) is 8.91. The SMILES string of the molecule is CSCC(C)/C=C/[Si](C)(C)C. The summed E-state index contributed by atoms with van der Waals surface area (Å²) in [6, 6.07) is 0. The molecule has 0 aromatic rings. The Hall–Kier alpha value is 0.307. The Kier molecular flexibility index (Phi) is 5.18. The molecule has 0 aromatic heterocycles. The molecule has 0 heterocycles. The summed E-state index contributed by atoms with van der Waals surface area (Å²) in [6.07, 6.45) is 4.54. The minimum atomic E-state index is -0.939. The van der Waals surface area contributed by atoms with Gasteiger partial charge in [0.15, 0.2) is 0 Å². The van der Waals surface area contributed by atoms with Crippen molar-refractivity contribution >= 4 is 19.8 Å². The number of thioether (sulfide) groups is 1. The monoisotopic (exact) mass is 188 g/mol. The minimum absolute atomic E-state index is 0.747. The van der Waals surface area contributed by atoms with Crippen molar-refractivity contribution < 1.29 is 0 Å². The lowest BCUT2D eigenvalue weighted by Gasteiger charge is -2.10. The second-order valence-electron chi connectivity index (χ2n) is 4.16. The third-order valence-corrected chi connectivity index (χ3v) is 3.41. The summed E-state index contributed by atoms with van der Waals surface area (Å²) >= 11 is 1.92. The van der Waals surface area contributed by atoms with Gasteiger partial charge in [-0.15, -0.1) is 0 Å². The van der Waals surface area contributed by atoms with Gasteiger partial charge in [-0.3, -0.25) is 0 Å². The quantitative estimate of drug-likeness (QED) is 0.609. The first kappa shape index (κ1) is 11.3. The van der Waals surface area contributed by atoms with E-state index in [1.54, 1.807) is 0 Å². The molecule has 2 heteroatoms. The van der Waals surface area contributed by atoms with E-state index in [0.29, 0.717) is 0 Å². The molecule has 0 saturated heterocycles. The predicted molar refractivity (Wildman–Crippen MR) is 60.0 cm³/mol. The van der Waals surface area contributed by atoms with Gasteiger partial charge in [0.05, 0.1) is 8.07 Å². The van der Waals surface area contributed by atoms with Crippen LogP contribution in [0.2, 0.25) is 19.6 Å². The summed E-state index contributed by atoms with van der Waals surface area (Å²) in [4.78, 5) is 0. The first-order valence-electron chi connectivity index (χ1n) is 4.14. The molecule has 0 rings (SSSR count). The van der Waals surface area contributed by atoms with Gasteiger partial charge in [0.2, 0.25) is 0 Å². The molecule has 0 fully saturated rings. The van der Waals surface area contributed by atoms with Crippen molar-refractivity contribution in [3.8, 4) is 0 Å². The third kappa shape index (κ3) is 8.21. The van der Waals surface area contributed by atoms with Crippen LogP contribution in [0.1, 0.15) is 6.92 Å².